The summed E-state index contributed by atoms with van der Waals surface area (Å²) in [4.78, 5) is 3.84. The molecular weight excluding hydrogens is 420 g/mol. The number of ether oxygens (including phenoxy) is 2. The van der Waals surface area contributed by atoms with Gasteiger partial charge in [-0.3, -0.25) is 0 Å². The van der Waals surface area contributed by atoms with E-state index in [0.29, 0.717) is 11.8 Å². The molecular formula is C18H13F6N3O3. The van der Waals surface area contributed by atoms with Crippen molar-refractivity contribution in [2.24, 2.45) is 0 Å². The van der Waals surface area contributed by atoms with Gasteiger partial charge in [-0.15, -0.1) is 18.3 Å². The van der Waals surface area contributed by atoms with E-state index in [1.165, 1.54) is 35.3 Å². The molecule has 1 N–H and O–H groups in total. The van der Waals surface area contributed by atoms with Crippen molar-refractivity contribution in [2.45, 2.75) is 25.8 Å². The van der Waals surface area contributed by atoms with Crippen LogP contribution in [-0.2, 0) is 19.4 Å². The highest BCUT2D eigenvalue weighted by atomic mass is 19.4. The predicted octanol–water partition coefficient (Wildman–Crippen LogP) is 4.26. The molecule has 160 valence electrons. The van der Waals surface area contributed by atoms with Crippen molar-refractivity contribution in [3.63, 3.8) is 0 Å². The van der Waals surface area contributed by atoms with Crippen molar-refractivity contribution in [1.82, 2.24) is 14.8 Å². The summed E-state index contributed by atoms with van der Waals surface area (Å²) >= 11 is 0. The molecule has 12 heteroatoms. The summed E-state index contributed by atoms with van der Waals surface area (Å²) in [6, 6.07) is 8.07. The molecule has 0 aliphatic rings. The highest BCUT2D eigenvalue weighted by Gasteiger charge is 2.38. The Morgan fingerprint density at radius 1 is 0.967 bits per heavy atom. The van der Waals surface area contributed by atoms with Crippen LogP contribution >= 0.6 is 0 Å². The zero-order chi connectivity index (χ0) is 21.9. The van der Waals surface area contributed by atoms with Gasteiger partial charge in [0, 0.05) is 5.56 Å². The standard InChI is InChI=1S/C18H13F6N3O3/c19-17(20,21)14-2-1-3-15(30-18(22,23)24)13(14)9-29-12-6-4-11(5-7-12)27-10-25-16(8-28)26-27/h1-7,10,28H,8-9H2. The Bertz CT molecular complexity index is 1000. The van der Waals surface area contributed by atoms with Crippen LogP contribution in [0.1, 0.15) is 17.0 Å². The first kappa shape index (κ1) is 21.4. The second-order valence-corrected chi connectivity index (χ2v) is 5.87. The van der Waals surface area contributed by atoms with Gasteiger partial charge in [-0.1, -0.05) is 6.07 Å². The first-order chi connectivity index (χ1) is 14.1. The van der Waals surface area contributed by atoms with Gasteiger partial charge in [0.15, 0.2) is 5.82 Å². The molecule has 30 heavy (non-hydrogen) atoms. The SMILES string of the molecule is OCc1ncn(-c2ccc(OCc3c(OC(F)(F)F)cccc3C(F)(F)F)cc2)n1. The van der Waals surface area contributed by atoms with E-state index in [-0.39, 0.29) is 18.2 Å². The fourth-order valence-electron chi connectivity index (χ4n) is 2.55. The maximum atomic E-state index is 13.2. The summed E-state index contributed by atoms with van der Waals surface area (Å²) in [5.74, 6) is -0.694. The normalized spacial score (nSPS) is 12.1. The number of aliphatic hydroxyl groups is 1. The zero-order valence-corrected chi connectivity index (χ0v) is 14.9. The number of aromatic nitrogens is 3. The van der Waals surface area contributed by atoms with E-state index in [9.17, 15) is 26.3 Å². The highest BCUT2D eigenvalue weighted by Crippen LogP contribution is 2.38. The lowest BCUT2D eigenvalue weighted by Gasteiger charge is -2.18. The van der Waals surface area contributed by atoms with Gasteiger partial charge < -0.3 is 14.6 Å². The molecule has 0 aliphatic carbocycles. The zero-order valence-electron chi connectivity index (χ0n) is 14.9. The average Bonchev–Trinajstić information content (AvgIpc) is 3.14. The third-order valence-electron chi connectivity index (χ3n) is 3.83. The Morgan fingerprint density at radius 2 is 1.67 bits per heavy atom. The maximum Gasteiger partial charge on any atom is 0.573 e. The second-order valence-electron chi connectivity index (χ2n) is 5.87. The molecule has 2 aromatic carbocycles. The first-order valence-electron chi connectivity index (χ1n) is 8.26. The van der Waals surface area contributed by atoms with Gasteiger partial charge in [-0.25, -0.2) is 9.67 Å². The van der Waals surface area contributed by atoms with E-state index < -0.39 is 36.0 Å². The number of halogens is 6. The molecule has 1 heterocycles. The van der Waals surface area contributed by atoms with Crippen molar-refractivity contribution in [2.75, 3.05) is 0 Å². The minimum absolute atomic E-state index is 0.108. The molecule has 0 saturated carbocycles. The van der Waals surface area contributed by atoms with E-state index in [4.69, 9.17) is 9.84 Å². The Labute approximate surface area is 165 Å². The minimum Gasteiger partial charge on any atom is -0.489 e. The fourth-order valence-corrected chi connectivity index (χ4v) is 2.55. The summed E-state index contributed by atoms with van der Waals surface area (Å²) in [6.45, 7) is -1.16. The third-order valence-corrected chi connectivity index (χ3v) is 3.83. The van der Waals surface area contributed by atoms with E-state index in [0.717, 1.165) is 12.1 Å². The lowest BCUT2D eigenvalue weighted by Crippen LogP contribution is -2.20. The molecule has 0 spiro atoms. The number of benzene rings is 2. The van der Waals surface area contributed by atoms with Gasteiger partial charge in [0.1, 0.15) is 31.0 Å². The molecule has 0 amide bonds. The number of nitrogens with zero attached hydrogens (tertiary/aromatic N) is 3. The molecule has 6 nitrogen and oxygen atoms in total. The molecule has 3 aromatic rings. The number of aliphatic hydroxyl groups excluding tert-OH is 1. The quantitative estimate of drug-likeness (QED) is 0.589. The van der Waals surface area contributed by atoms with E-state index in [1.54, 1.807) is 0 Å². The van der Waals surface area contributed by atoms with Crippen LogP contribution in [0.15, 0.2) is 48.8 Å². The Morgan fingerprint density at radius 3 is 2.23 bits per heavy atom. The summed E-state index contributed by atoms with van der Waals surface area (Å²) in [5, 5.41) is 12.9. The summed E-state index contributed by atoms with van der Waals surface area (Å²) < 4.78 is 87.8. The van der Waals surface area contributed by atoms with Gasteiger partial charge in [0.25, 0.3) is 0 Å². The second kappa shape index (κ2) is 8.22. The van der Waals surface area contributed by atoms with Crippen LogP contribution in [0.3, 0.4) is 0 Å². The molecule has 0 bridgehead atoms. The van der Waals surface area contributed by atoms with Gasteiger partial charge in [0.05, 0.1) is 11.3 Å². The molecule has 0 atom stereocenters. The van der Waals surface area contributed by atoms with E-state index in [1.807, 2.05) is 0 Å². The van der Waals surface area contributed by atoms with Crippen LogP contribution in [0.25, 0.3) is 5.69 Å². The monoisotopic (exact) mass is 433 g/mol. The molecule has 0 saturated heterocycles. The van der Waals surface area contributed by atoms with Crippen LogP contribution in [0, 0.1) is 0 Å². The largest absolute Gasteiger partial charge is 0.573 e. The van der Waals surface area contributed by atoms with Gasteiger partial charge >= 0.3 is 12.5 Å². The van der Waals surface area contributed by atoms with Crippen LogP contribution < -0.4 is 9.47 Å². The lowest BCUT2D eigenvalue weighted by atomic mass is 10.1. The Kier molecular flexibility index (Phi) is 5.87. The van der Waals surface area contributed by atoms with Crippen molar-refractivity contribution >= 4 is 0 Å². The summed E-state index contributed by atoms with van der Waals surface area (Å²) in [5.41, 5.74) is -1.55. The van der Waals surface area contributed by atoms with Crippen molar-refractivity contribution in [3.8, 4) is 17.2 Å². The average molecular weight is 433 g/mol. The lowest BCUT2D eigenvalue weighted by molar-refractivity contribution is -0.275. The maximum absolute atomic E-state index is 13.2. The predicted molar refractivity (Wildman–Crippen MR) is 89.7 cm³/mol. The van der Waals surface area contributed by atoms with Gasteiger partial charge in [0.2, 0.25) is 0 Å². The number of hydrogen-bond donors (Lipinski definition) is 1. The Balaban J connectivity index is 1.82. The summed E-state index contributed by atoms with van der Waals surface area (Å²) in [6.07, 6.45) is -8.71. The van der Waals surface area contributed by atoms with Crippen molar-refractivity contribution in [3.05, 3.63) is 65.7 Å². The molecule has 0 unspecified atom stereocenters. The van der Waals surface area contributed by atoms with Crippen LogP contribution in [-0.4, -0.2) is 26.2 Å². The molecule has 1 aromatic heterocycles. The highest BCUT2D eigenvalue weighted by molar-refractivity contribution is 5.42. The smallest absolute Gasteiger partial charge is 0.489 e. The molecule has 0 radical (unpaired) electrons. The number of hydrogen-bond acceptors (Lipinski definition) is 5. The van der Waals surface area contributed by atoms with Crippen molar-refractivity contribution < 1.29 is 40.9 Å². The minimum atomic E-state index is -5.16. The Hall–Kier alpha value is -3.28. The molecule has 0 aliphatic heterocycles. The summed E-state index contributed by atoms with van der Waals surface area (Å²) in [7, 11) is 0. The van der Waals surface area contributed by atoms with Gasteiger partial charge in [-0.2, -0.15) is 13.2 Å². The number of alkyl halides is 6. The van der Waals surface area contributed by atoms with Gasteiger partial charge in [-0.05, 0) is 36.4 Å². The van der Waals surface area contributed by atoms with E-state index in [2.05, 4.69) is 14.8 Å². The van der Waals surface area contributed by atoms with E-state index >= 15 is 0 Å². The van der Waals surface area contributed by atoms with Crippen LogP contribution in [0.4, 0.5) is 26.3 Å². The fraction of sp³-hybridized carbons (Fsp3) is 0.222. The number of rotatable bonds is 6. The topological polar surface area (TPSA) is 69.4 Å². The first-order valence-corrected chi connectivity index (χ1v) is 8.26. The van der Waals surface area contributed by atoms with Crippen molar-refractivity contribution in [1.29, 1.82) is 0 Å². The molecule has 0 fully saturated rings. The van der Waals surface area contributed by atoms with Crippen LogP contribution in [0.5, 0.6) is 11.5 Å². The van der Waals surface area contributed by atoms with Crippen LogP contribution in [0.2, 0.25) is 0 Å². The third kappa shape index (κ3) is 5.20. The molecule has 3 rings (SSSR count).